The molecule has 0 fully saturated rings. The van der Waals surface area contributed by atoms with Gasteiger partial charge in [0.05, 0.1) is 28.5 Å². The molecule has 34 heavy (non-hydrogen) atoms. The molecule has 0 saturated heterocycles. The average molecular weight is 539 g/mol. The maximum Gasteiger partial charge on any atom is 0.338 e. The maximum absolute atomic E-state index is 13.6. The van der Waals surface area contributed by atoms with Crippen LogP contribution in [0.5, 0.6) is 5.75 Å². The van der Waals surface area contributed by atoms with E-state index in [0.29, 0.717) is 33.0 Å². The van der Waals surface area contributed by atoms with E-state index in [-0.39, 0.29) is 12.2 Å². The van der Waals surface area contributed by atoms with Crippen LogP contribution in [0.1, 0.15) is 31.0 Å². The number of hydrogen-bond acceptors (Lipinski definition) is 6. The van der Waals surface area contributed by atoms with Crippen molar-refractivity contribution < 1.29 is 14.3 Å². The van der Waals surface area contributed by atoms with Gasteiger partial charge in [-0.25, -0.2) is 9.79 Å². The van der Waals surface area contributed by atoms with Crippen molar-refractivity contribution >= 4 is 39.3 Å². The average Bonchev–Trinajstić information content (AvgIpc) is 3.12. The van der Waals surface area contributed by atoms with Gasteiger partial charge in [0.25, 0.3) is 5.56 Å². The van der Waals surface area contributed by atoms with Gasteiger partial charge in [-0.3, -0.25) is 9.36 Å². The van der Waals surface area contributed by atoms with E-state index in [2.05, 4.69) is 27.5 Å². The largest absolute Gasteiger partial charge is 0.490 e. The number of aromatic nitrogens is 1. The number of carbonyl (C=O) groups excluding carboxylic acids is 1. The molecule has 0 saturated carbocycles. The molecule has 174 valence electrons. The number of hydrogen-bond donors (Lipinski definition) is 0. The van der Waals surface area contributed by atoms with Gasteiger partial charge in [-0.2, -0.15) is 0 Å². The van der Waals surface area contributed by atoms with Crippen LogP contribution in [-0.2, 0) is 9.53 Å². The van der Waals surface area contributed by atoms with Crippen molar-refractivity contribution in [1.29, 1.82) is 0 Å². The summed E-state index contributed by atoms with van der Waals surface area (Å²) in [4.78, 5) is 31.7. The number of allylic oxidation sites excluding steroid dienone is 1. The molecule has 4 rings (SSSR count). The minimum absolute atomic E-state index is 0.219. The normalized spacial score (nSPS) is 15.5. The molecular formula is C26H23BrN2O4S. The van der Waals surface area contributed by atoms with E-state index < -0.39 is 12.0 Å². The monoisotopic (exact) mass is 538 g/mol. The highest BCUT2D eigenvalue weighted by Gasteiger charge is 2.33. The summed E-state index contributed by atoms with van der Waals surface area (Å²) in [6, 6.07) is 14.4. The minimum atomic E-state index is -0.632. The van der Waals surface area contributed by atoms with Gasteiger partial charge in [0, 0.05) is 4.47 Å². The Balaban J connectivity index is 1.88. The quantitative estimate of drug-likeness (QED) is 0.335. The summed E-state index contributed by atoms with van der Waals surface area (Å²) < 4.78 is 13.9. The fourth-order valence-electron chi connectivity index (χ4n) is 3.75. The number of rotatable bonds is 7. The molecule has 1 aliphatic rings. The lowest BCUT2D eigenvalue weighted by molar-refractivity contribution is -0.139. The van der Waals surface area contributed by atoms with Crippen molar-refractivity contribution in [3.05, 3.63) is 108 Å². The second kappa shape index (κ2) is 10.4. The first kappa shape index (κ1) is 23.9. The van der Waals surface area contributed by atoms with Crippen molar-refractivity contribution in [3.8, 4) is 5.75 Å². The molecule has 2 aromatic carbocycles. The van der Waals surface area contributed by atoms with Crippen LogP contribution in [0.2, 0.25) is 0 Å². The predicted octanol–water partition coefficient (Wildman–Crippen LogP) is 4.13. The van der Waals surface area contributed by atoms with Gasteiger partial charge < -0.3 is 9.47 Å². The summed E-state index contributed by atoms with van der Waals surface area (Å²) in [6.07, 6.45) is 3.49. The van der Waals surface area contributed by atoms with Crippen LogP contribution in [0.4, 0.5) is 0 Å². The predicted molar refractivity (Wildman–Crippen MR) is 137 cm³/mol. The Morgan fingerprint density at radius 2 is 2.03 bits per heavy atom. The Hall–Kier alpha value is -3.23. The topological polar surface area (TPSA) is 69.9 Å². The van der Waals surface area contributed by atoms with Crippen LogP contribution in [0.25, 0.3) is 6.08 Å². The third-order valence-electron chi connectivity index (χ3n) is 5.23. The van der Waals surface area contributed by atoms with Gasteiger partial charge in [0.15, 0.2) is 4.80 Å². The highest BCUT2D eigenvalue weighted by atomic mass is 79.9. The van der Waals surface area contributed by atoms with Gasteiger partial charge in [-0.15, -0.1) is 0 Å². The molecule has 6 nitrogen and oxygen atoms in total. The summed E-state index contributed by atoms with van der Waals surface area (Å²) in [5.74, 6) is 0.215. The molecule has 8 heteroatoms. The van der Waals surface area contributed by atoms with Crippen LogP contribution in [0.3, 0.4) is 0 Å². The Labute approximate surface area is 209 Å². The molecule has 0 N–H and O–H groups in total. The Kier molecular flexibility index (Phi) is 7.29. The summed E-state index contributed by atoms with van der Waals surface area (Å²) in [6.45, 7) is 7.82. The zero-order valence-electron chi connectivity index (χ0n) is 18.8. The Bertz CT molecular complexity index is 1450. The Morgan fingerprint density at radius 3 is 2.74 bits per heavy atom. The van der Waals surface area contributed by atoms with E-state index in [0.717, 1.165) is 15.6 Å². The zero-order chi connectivity index (χ0) is 24.2. The summed E-state index contributed by atoms with van der Waals surface area (Å²) in [5.41, 5.74) is 2.31. The smallest absolute Gasteiger partial charge is 0.338 e. The highest BCUT2D eigenvalue weighted by Crippen LogP contribution is 2.31. The SMILES string of the molecule is C=CCOc1cccc(/C=c2\sc3n(c2=O)[C@@H](c2ccc(Br)cc2)C(C(=O)OCC)=C(C)N=3)c1. The van der Waals surface area contributed by atoms with Crippen LogP contribution in [-0.4, -0.2) is 23.8 Å². The molecule has 0 radical (unpaired) electrons. The van der Waals surface area contributed by atoms with E-state index in [4.69, 9.17) is 9.47 Å². The summed E-state index contributed by atoms with van der Waals surface area (Å²) in [7, 11) is 0. The number of ether oxygens (including phenoxy) is 2. The van der Waals surface area contributed by atoms with Gasteiger partial charge in [-0.1, -0.05) is 64.2 Å². The second-order valence-corrected chi connectivity index (χ2v) is 9.45. The standard InChI is InChI=1S/C26H23BrN2O4S/c1-4-13-33-20-8-6-7-17(14-20)15-21-24(30)29-23(18-9-11-19(27)12-10-18)22(25(31)32-5-2)16(3)28-26(29)34-21/h4,6-12,14-15,23H,1,5,13H2,2-3H3/b21-15-/t23-/m0/s1. The van der Waals surface area contributed by atoms with Crippen molar-refractivity contribution in [1.82, 2.24) is 4.57 Å². The number of fused-ring (bicyclic) bond motifs is 1. The van der Waals surface area contributed by atoms with Gasteiger partial charge in [-0.05, 0) is 55.3 Å². The second-order valence-electron chi connectivity index (χ2n) is 7.53. The van der Waals surface area contributed by atoms with Gasteiger partial charge >= 0.3 is 5.97 Å². The first-order valence-electron chi connectivity index (χ1n) is 10.7. The van der Waals surface area contributed by atoms with Crippen molar-refractivity contribution in [2.75, 3.05) is 13.2 Å². The molecule has 1 atom stereocenters. The third kappa shape index (κ3) is 4.83. The molecular weight excluding hydrogens is 516 g/mol. The van der Waals surface area contributed by atoms with Gasteiger partial charge in [0.1, 0.15) is 12.4 Å². The first-order chi connectivity index (χ1) is 16.4. The third-order valence-corrected chi connectivity index (χ3v) is 6.74. The number of esters is 1. The molecule has 0 spiro atoms. The molecule has 1 aromatic heterocycles. The first-order valence-corrected chi connectivity index (χ1v) is 12.3. The number of thiazole rings is 1. The summed E-state index contributed by atoms with van der Waals surface area (Å²) >= 11 is 4.74. The number of nitrogens with zero attached hydrogens (tertiary/aromatic N) is 2. The number of benzene rings is 2. The van der Waals surface area contributed by atoms with Crippen LogP contribution < -0.4 is 19.6 Å². The molecule has 1 aliphatic heterocycles. The maximum atomic E-state index is 13.6. The van der Waals surface area contributed by atoms with Crippen molar-refractivity contribution in [2.24, 2.45) is 4.99 Å². The molecule has 3 aromatic rings. The van der Waals surface area contributed by atoms with Gasteiger partial charge in [0.2, 0.25) is 0 Å². The molecule has 0 bridgehead atoms. The molecule has 2 heterocycles. The summed E-state index contributed by atoms with van der Waals surface area (Å²) in [5, 5.41) is 0. The molecule has 0 amide bonds. The van der Waals surface area contributed by atoms with Crippen LogP contribution >= 0.6 is 27.3 Å². The molecule has 0 unspecified atom stereocenters. The van der Waals surface area contributed by atoms with E-state index in [1.165, 1.54) is 11.3 Å². The molecule has 0 aliphatic carbocycles. The van der Waals surface area contributed by atoms with E-state index in [1.54, 1.807) is 24.5 Å². The van der Waals surface area contributed by atoms with Crippen molar-refractivity contribution in [3.63, 3.8) is 0 Å². The van der Waals surface area contributed by atoms with E-state index in [9.17, 15) is 9.59 Å². The highest BCUT2D eigenvalue weighted by molar-refractivity contribution is 9.10. The lowest BCUT2D eigenvalue weighted by Crippen LogP contribution is -2.39. The number of halogens is 1. The lowest BCUT2D eigenvalue weighted by atomic mass is 9.96. The van der Waals surface area contributed by atoms with Crippen molar-refractivity contribution in [2.45, 2.75) is 19.9 Å². The van der Waals surface area contributed by atoms with Crippen LogP contribution in [0.15, 0.2) is 86.7 Å². The van der Waals surface area contributed by atoms with E-state index in [1.807, 2.05) is 54.6 Å². The lowest BCUT2D eigenvalue weighted by Gasteiger charge is -2.24. The number of carbonyl (C=O) groups is 1. The van der Waals surface area contributed by atoms with E-state index >= 15 is 0 Å². The zero-order valence-corrected chi connectivity index (χ0v) is 21.2. The fourth-order valence-corrected chi connectivity index (χ4v) is 5.06. The minimum Gasteiger partial charge on any atom is -0.490 e. The fraction of sp³-hybridized carbons (Fsp3) is 0.192. The van der Waals surface area contributed by atoms with Crippen LogP contribution in [0, 0.1) is 0 Å². The Morgan fingerprint density at radius 1 is 1.26 bits per heavy atom.